The van der Waals surface area contributed by atoms with Crippen LogP contribution >= 0.6 is 0 Å². The normalized spacial score (nSPS) is 25.6. The number of carbonyl (C=O) groups excluding carboxylic acids is 1. The predicted octanol–water partition coefficient (Wildman–Crippen LogP) is -0.531. The van der Waals surface area contributed by atoms with Gasteiger partial charge in [0.2, 0.25) is 5.91 Å². The zero-order valence-corrected chi connectivity index (χ0v) is 7.29. The minimum Gasteiger partial charge on any atom is -0.382 e. The molecule has 82 valence electrons. The number of aliphatic hydroxyl groups is 1. The van der Waals surface area contributed by atoms with Crippen LogP contribution in [0, 0.1) is 0 Å². The molecule has 0 aromatic carbocycles. The number of carbonyl (C=O) groups is 1. The smallest absolute Gasteiger partial charge is 0.382 e. The third-order valence-electron chi connectivity index (χ3n) is 2.11. The van der Waals surface area contributed by atoms with Crippen molar-refractivity contribution in [3.63, 3.8) is 0 Å². The van der Waals surface area contributed by atoms with Crippen LogP contribution in [0.4, 0.5) is 13.2 Å². The number of amides is 1. The summed E-state index contributed by atoms with van der Waals surface area (Å²) in [5, 5.41) is 8.69. The van der Waals surface area contributed by atoms with Crippen molar-refractivity contribution in [1.29, 1.82) is 0 Å². The van der Waals surface area contributed by atoms with Gasteiger partial charge in [-0.05, 0) is 6.42 Å². The Bertz CT molecular complexity index is 231. The monoisotopic (exact) mass is 212 g/mol. The van der Waals surface area contributed by atoms with Crippen LogP contribution in [0.5, 0.6) is 0 Å². The molecule has 3 N–H and O–H groups in total. The average molecular weight is 212 g/mol. The minimum absolute atomic E-state index is 0.174. The molecule has 1 heterocycles. The fourth-order valence-corrected chi connectivity index (χ4v) is 1.26. The zero-order valence-electron chi connectivity index (χ0n) is 7.29. The van der Waals surface area contributed by atoms with Crippen molar-refractivity contribution < 1.29 is 23.1 Å². The lowest BCUT2D eigenvalue weighted by Crippen LogP contribution is -2.43. The molecule has 0 saturated carbocycles. The molecule has 0 aromatic heterocycles. The molecular formula is C7H11F3N2O2. The van der Waals surface area contributed by atoms with E-state index in [-0.39, 0.29) is 6.54 Å². The van der Waals surface area contributed by atoms with Crippen LogP contribution in [-0.4, -0.2) is 47.3 Å². The Kier molecular flexibility index (Phi) is 3.01. The molecule has 2 unspecified atom stereocenters. The summed E-state index contributed by atoms with van der Waals surface area (Å²) >= 11 is 0. The van der Waals surface area contributed by atoms with E-state index in [0.717, 1.165) is 4.90 Å². The molecule has 0 radical (unpaired) electrons. The van der Waals surface area contributed by atoms with Crippen molar-refractivity contribution in [2.75, 3.05) is 13.1 Å². The van der Waals surface area contributed by atoms with Gasteiger partial charge >= 0.3 is 6.18 Å². The van der Waals surface area contributed by atoms with Gasteiger partial charge in [-0.3, -0.25) is 4.79 Å². The van der Waals surface area contributed by atoms with E-state index in [1.165, 1.54) is 0 Å². The number of hydrogen-bond donors (Lipinski definition) is 2. The van der Waals surface area contributed by atoms with E-state index >= 15 is 0 Å². The number of nitrogens with two attached hydrogens (primary N) is 1. The van der Waals surface area contributed by atoms with Gasteiger partial charge in [0.15, 0.2) is 6.10 Å². The third kappa shape index (κ3) is 2.36. The fraction of sp³-hybridized carbons (Fsp3) is 0.857. The van der Waals surface area contributed by atoms with Crippen LogP contribution in [0.2, 0.25) is 0 Å². The van der Waals surface area contributed by atoms with E-state index in [4.69, 9.17) is 10.8 Å². The van der Waals surface area contributed by atoms with Gasteiger partial charge < -0.3 is 15.7 Å². The Labute approximate surface area is 78.5 Å². The summed E-state index contributed by atoms with van der Waals surface area (Å²) in [5.41, 5.74) is 5.30. The maximum atomic E-state index is 11.9. The van der Waals surface area contributed by atoms with Crippen LogP contribution in [0.15, 0.2) is 0 Å². The molecular weight excluding hydrogens is 201 g/mol. The highest BCUT2D eigenvalue weighted by atomic mass is 19.4. The van der Waals surface area contributed by atoms with Gasteiger partial charge in [-0.2, -0.15) is 13.2 Å². The van der Waals surface area contributed by atoms with E-state index in [0.29, 0.717) is 6.42 Å². The van der Waals surface area contributed by atoms with Crippen molar-refractivity contribution in [1.82, 2.24) is 4.90 Å². The summed E-state index contributed by atoms with van der Waals surface area (Å²) in [6.07, 6.45) is -6.84. The Morgan fingerprint density at radius 1 is 1.64 bits per heavy atom. The molecule has 2 atom stereocenters. The largest absolute Gasteiger partial charge is 0.416 e. The number of likely N-dealkylation sites (tertiary alicyclic amines) is 1. The molecule has 4 nitrogen and oxygen atoms in total. The lowest BCUT2D eigenvalue weighted by Gasteiger charge is -2.21. The molecule has 14 heavy (non-hydrogen) atoms. The van der Waals surface area contributed by atoms with Gasteiger partial charge in [0.1, 0.15) is 0 Å². The van der Waals surface area contributed by atoms with Crippen LogP contribution < -0.4 is 5.73 Å². The molecule has 0 bridgehead atoms. The van der Waals surface area contributed by atoms with Crippen LogP contribution in [-0.2, 0) is 4.79 Å². The van der Waals surface area contributed by atoms with E-state index in [2.05, 4.69) is 0 Å². The molecule has 1 aliphatic rings. The summed E-state index contributed by atoms with van der Waals surface area (Å²) < 4.78 is 35.7. The number of alkyl halides is 3. The van der Waals surface area contributed by atoms with Gasteiger partial charge in [0, 0.05) is 6.54 Å². The molecule has 1 fully saturated rings. The number of β-amino-alcohol motifs (C(OH)–C–C–N with tert-alkyl or cyclic N) is 1. The molecule has 1 saturated heterocycles. The maximum Gasteiger partial charge on any atom is 0.416 e. The quantitative estimate of drug-likeness (QED) is 0.646. The summed E-state index contributed by atoms with van der Waals surface area (Å²) in [6.45, 7) is -0.552. The summed E-state index contributed by atoms with van der Waals surface area (Å²) in [6, 6.07) is -0.726. The highest BCUT2D eigenvalue weighted by Gasteiger charge is 2.41. The first-order valence-electron chi connectivity index (χ1n) is 4.11. The number of aliphatic hydroxyl groups excluding tert-OH is 1. The second kappa shape index (κ2) is 3.74. The fourth-order valence-electron chi connectivity index (χ4n) is 1.26. The van der Waals surface area contributed by atoms with Crippen LogP contribution in [0.3, 0.4) is 0 Å². The molecule has 7 heteroatoms. The van der Waals surface area contributed by atoms with Crippen molar-refractivity contribution >= 4 is 5.91 Å². The number of nitrogens with zero attached hydrogens (tertiary/aromatic N) is 1. The maximum absolute atomic E-state index is 11.9. The number of hydrogen-bond acceptors (Lipinski definition) is 3. The summed E-state index contributed by atoms with van der Waals surface area (Å²) in [5.74, 6) is -0.534. The lowest BCUT2D eigenvalue weighted by atomic mass is 10.3. The van der Waals surface area contributed by atoms with Crippen LogP contribution in [0.1, 0.15) is 6.42 Å². The summed E-state index contributed by atoms with van der Waals surface area (Å²) in [7, 11) is 0. The first-order chi connectivity index (χ1) is 6.32. The van der Waals surface area contributed by atoms with Crippen molar-refractivity contribution in [3.05, 3.63) is 0 Å². The van der Waals surface area contributed by atoms with E-state index in [1.54, 1.807) is 0 Å². The molecule has 0 aliphatic carbocycles. The van der Waals surface area contributed by atoms with E-state index in [9.17, 15) is 18.0 Å². The lowest BCUT2D eigenvalue weighted by molar-refractivity contribution is -0.207. The second-order valence-corrected chi connectivity index (χ2v) is 3.24. The van der Waals surface area contributed by atoms with E-state index < -0.39 is 30.8 Å². The third-order valence-corrected chi connectivity index (χ3v) is 2.11. The predicted molar refractivity (Wildman–Crippen MR) is 41.2 cm³/mol. The van der Waals surface area contributed by atoms with Crippen molar-refractivity contribution in [2.24, 2.45) is 5.73 Å². The Balaban J connectivity index is 2.50. The molecule has 1 amide bonds. The topological polar surface area (TPSA) is 66.6 Å². The van der Waals surface area contributed by atoms with Gasteiger partial charge in [-0.25, -0.2) is 0 Å². The minimum atomic E-state index is -4.69. The van der Waals surface area contributed by atoms with Gasteiger partial charge in [0.25, 0.3) is 0 Å². The average Bonchev–Trinajstić information content (AvgIpc) is 2.34. The standard InChI is InChI=1S/C7H11F3N2O2/c8-7(9,10)5(13)3-12-2-1-4(11)6(12)14/h4-5,13H,1-3,11H2. The second-order valence-electron chi connectivity index (χ2n) is 3.24. The van der Waals surface area contributed by atoms with Crippen molar-refractivity contribution in [3.8, 4) is 0 Å². The highest BCUT2D eigenvalue weighted by molar-refractivity contribution is 5.83. The van der Waals surface area contributed by atoms with Gasteiger partial charge in [-0.15, -0.1) is 0 Å². The van der Waals surface area contributed by atoms with Crippen LogP contribution in [0.25, 0.3) is 0 Å². The first kappa shape index (κ1) is 11.3. The van der Waals surface area contributed by atoms with Gasteiger partial charge in [0.05, 0.1) is 12.6 Å². The molecule has 1 aliphatic heterocycles. The Morgan fingerprint density at radius 3 is 2.57 bits per heavy atom. The van der Waals surface area contributed by atoms with Gasteiger partial charge in [-0.1, -0.05) is 0 Å². The highest BCUT2D eigenvalue weighted by Crippen LogP contribution is 2.22. The first-order valence-corrected chi connectivity index (χ1v) is 4.11. The Morgan fingerprint density at radius 2 is 2.21 bits per heavy atom. The number of rotatable bonds is 2. The summed E-state index contributed by atoms with van der Waals surface area (Å²) in [4.78, 5) is 12.0. The zero-order chi connectivity index (χ0) is 10.9. The van der Waals surface area contributed by atoms with Crippen molar-refractivity contribution in [2.45, 2.75) is 24.7 Å². The molecule has 1 rings (SSSR count). The molecule has 0 aromatic rings. The molecule has 0 spiro atoms. The van der Waals surface area contributed by atoms with E-state index in [1.807, 2.05) is 0 Å². The SMILES string of the molecule is NC1CCN(CC(O)C(F)(F)F)C1=O. The number of halogens is 3. The Hall–Kier alpha value is -0.820.